The molecule has 0 bridgehead atoms. The molecule has 1 atom stereocenters. The van der Waals surface area contributed by atoms with Crippen LogP contribution in [0.1, 0.15) is 84.2 Å². The van der Waals surface area contributed by atoms with E-state index in [0.29, 0.717) is 33.9 Å². The van der Waals surface area contributed by atoms with E-state index in [4.69, 9.17) is 15.0 Å². The topological polar surface area (TPSA) is 100 Å². The summed E-state index contributed by atoms with van der Waals surface area (Å²) in [6.07, 6.45) is 6.54. The van der Waals surface area contributed by atoms with Crippen molar-refractivity contribution in [3.63, 3.8) is 0 Å². The lowest BCUT2D eigenvalue weighted by molar-refractivity contribution is 0.0520. The van der Waals surface area contributed by atoms with Crippen molar-refractivity contribution in [2.45, 2.75) is 62.7 Å². The molecular weight excluding hydrogens is 591 g/mol. The molecule has 2 saturated carbocycles. The van der Waals surface area contributed by atoms with Gasteiger partial charge in [0, 0.05) is 34.8 Å². The molecule has 4 aromatic rings. The van der Waals surface area contributed by atoms with Gasteiger partial charge in [-0.15, -0.1) is 11.3 Å². The van der Waals surface area contributed by atoms with Gasteiger partial charge in [-0.1, -0.05) is 30.7 Å². The molecule has 2 aliphatic carbocycles. The highest BCUT2D eigenvalue weighted by Crippen LogP contribution is 2.46. The molecule has 2 N–H and O–H groups in total. The van der Waals surface area contributed by atoms with Gasteiger partial charge in [0.05, 0.1) is 28.5 Å². The van der Waals surface area contributed by atoms with Crippen molar-refractivity contribution in [1.29, 1.82) is 0 Å². The van der Waals surface area contributed by atoms with E-state index in [-0.39, 0.29) is 29.0 Å². The fourth-order valence-corrected chi connectivity index (χ4v) is 6.70. The van der Waals surface area contributed by atoms with Crippen molar-refractivity contribution in [2.24, 2.45) is 11.1 Å². The van der Waals surface area contributed by atoms with Crippen LogP contribution in [0.15, 0.2) is 46.7 Å². The molecule has 222 valence electrons. The van der Waals surface area contributed by atoms with E-state index in [0.717, 1.165) is 49.8 Å². The van der Waals surface area contributed by atoms with Gasteiger partial charge in [0.15, 0.2) is 5.69 Å². The molecule has 6 rings (SSSR count). The third kappa shape index (κ3) is 6.32. The highest BCUT2D eigenvalue weighted by Gasteiger charge is 2.34. The second-order valence-electron chi connectivity index (χ2n) is 10.8. The zero-order valence-corrected chi connectivity index (χ0v) is 25.2. The van der Waals surface area contributed by atoms with Crippen LogP contribution in [0.4, 0.5) is 8.78 Å². The van der Waals surface area contributed by atoms with E-state index in [9.17, 15) is 17.8 Å². The fraction of sp³-hybridized carbons (Fsp3) is 0.344. The smallest absolute Gasteiger partial charge is 0.357 e. The summed E-state index contributed by atoms with van der Waals surface area (Å²) in [6.45, 7) is 1.97. The van der Waals surface area contributed by atoms with E-state index in [1.165, 1.54) is 29.5 Å². The summed E-state index contributed by atoms with van der Waals surface area (Å²) in [5, 5.41) is 12.6. The van der Waals surface area contributed by atoms with Crippen molar-refractivity contribution in [1.82, 2.24) is 14.8 Å². The van der Waals surface area contributed by atoms with Gasteiger partial charge in [-0.05, 0) is 68.5 Å². The van der Waals surface area contributed by atoms with Crippen molar-refractivity contribution in [3.05, 3.63) is 81.5 Å². The number of esters is 1. The van der Waals surface area contributed by atoms with Crippen molar-refractivity contribution in [3.8, 4) is 28.2 Å². The van der Waals surface area contributed by atoms with Crippen LogP contribution in [0.25, 0.3) is 16.4 Å². The minimum atomic E-state index is -1.95. The summed E-state index contributed by atoms with van der Waals surface area (Å²) in [5.74, 6) is 5.21. The van der Waals surface area contributed by atoms with Gasteiger partial charge in [0.25, 0.3) is 0 Å². The van der Waals surface area contributed by atoms with Crippen molar-refractivity contribution >= 4 is 28.3 Å². The maximum absolute atomic E-state index is 14.9. The van der Waals surface area contributed by atoms with Crippen LogP contribution in [0.5, 0.6) is 0 Å². The van der Waals surface area contributed by atoms with Gasteiger partial charge >= 0.3 is 5.97 Å². The number of aromatic nitrogens is 3. The standard InChI is InChI=1S/C32H30F2N4O3S2/c1-2-41-31(39)27-18-42-32(36-27)38-30(21-10-11-21)24(15-20-8-14-28(43(35)40)26(34)16-20)29(37-38)23-12-13-25(33)22(17-23)9-7-19-5-3-4-6-19/h8,12-14,16-19,21H,2-6,10-11,15,35H2,1H3. The zero-order valence-electron chi connectivity index (χ0n) is 23.6. The first kappa shape index (κ1) is 29.4. The first-order valence-electron chi connectivity index (χ1n) is 14.3. The minimum absolute atomic E-state index is 0.0691. The van der Waals surface area contributed by atoms with Crippen LogP contribution in [0.2, 0.25) is 0 Å². The maximum atomic E-state index is 14.9. The van der Waals surface area contributed by atoms with Crippen LogP contribution in [0.3, 0.4) is 0 Å². The van der Waals surface area contributed by atoms with Crippen molar-refractivity contribution in [2.75, 3.05) is 6.61 Å². The number of carbonyl (C=O) groups is 1. The molecule has 2 aliphatic rings. The predicted molar refractivity (Wildman–Crippen MR) is 161 cm³/mol. The number of hydrogen-bond donors (Lipinski definition) is 1. The Kier molecular flexibility index (Phi) is 8.52. The molecule has 0 spiro atoms. The maximum Gasteiger partial charge on any atom is 0.357 e. The Morgan fingerprint density at radius 2 is 1.93 bits per heavy atom. The Morgan fingerprint density at radius 3 is 2.63 bits per heavy atom. The molecule has 2 aromatic carbocycles. The monoisotopic (exact) mass is 620 g/mol. The molecule has 0 amide bonds. The van der Waals surface area contributed by atoms with E-state index >= 15 is 0 Å². The molecule has 2 fully saturated rings. The third-order valence-corrected chi connectivity index (χ3v) is 9.33. The van der Waals surface area contributed by atoms with E-state index in [1.54, 1.807) is 35.2 Å². The van der Waals surface area contributed by atoms with E-state index < -0.39 is 28.6 Å². The average Bonchev–Trinajstić information content (AvgIpc) is 3.35. The van der Waals surface area contributed by atoms with E-state index in [1.807, 2.05) is 0 Å². The van der Waals surface area contributed by atoms with Gasteiger partial charge in [-0.25, -0.2) is 32.6 Å². The normalized spacial score (nSPS) is 15.7. The number of nitrogens with two attached hydrogens (primary N) is 1. The van der Waals surface area contributed by atoms with Crippen LogP contribution in [0, 0.1) is 29.4 Å². The third-order valence-electron chi connectivity index (χ3n) is 7.74. The first-order valence-corrected chi connectivity index (χ1v) is 16.4. The number of thiazole rings is 1. The largest absolute Gasteiger partial charge is 0.461 e. The molecule has 1 unspecified atom stereocenters. The number of carbonyl (C=O) groups excluding carboxylic acids is 1. The first-order chi connectivity index (χ1) is 20.8. The lowest BCUT2D eigenvalue weighted by Gasteiger charge is -2.09. The summed E-state index contributed by atoms with van der Waals surface area (Å²) >= 11 is 1.27. The molecule has 0 saturated heterocycles. The lowest BCUT2D eigenvalue weighted by Crippen LogP contribution is -2.07. The molecule has 43 heavy (non-hydrogen) atoms. The molecule has 11 heteroatoms. The van der Waals surface area contributed by atoms with Crippen LogP contribution < -0.4 is 5.14 Å². The summed E-state index contributed by atoms with van der Waals surface area (Å²) in [7, 11) is -1.95. The Morgan fingerprint density at radius 1 is 1.14 bits per heavy atom. The summed E-state index contributed by atoms with van der Waals surface area (Å²) in [5.41, 5.74) is 4.18. The number of nitrogens with zero attached hydrogens (tertiary/aromatic N) is 3. The van der Waals surface area contributed by atoms with Gasteiger partial charge in [-0.2, -0.15) is 5.10 Å². The molecule has 2 aromatic heterocycles. The molecule has 2 heterocycles. The second-order valence-corrected chi connectivity index (χ2v) is 12.7. The van der Waals surface area contributed by atoms with Gasteiger partial charge in [-0.3, -0.25) is 0 Å². The quantitative estimate of drug-likeness (QED) is 0.181. The van der Waals surface area contributed by atoms with Crippen LogP contribution in [-0.4, -0.2) is 31.5 Å². The highest BCUT2D eigenvalue weighted by molar-refractivity contribution is 7.82. The number of hydrogen-bond acceptors (Lipinski definition) is 6. The Hall–Kier alpha value is -3.72. The van der Waals surface area contributed by atoms with Crippen LogP contribution >= 0.6 is 11.3 Å². The fourth-order valence-electron chi connectivity index (χ4n) is 5.49. The van der Waals surface area contributed by atoms with Crippen molar-refractivity contribution < 1.29 is 22.5 Å². The second kappa shape index (κ2) is 12.5. The Labute approximate surface area is 255 Å². The zero-order chi connectivity index (χ0) is 30.1. The van der Waals surface area contributed by atoms with Gasteiger partial charge < -0.3 is 4.74 Å². The molecule has 0 radical (unpaired) electrons. The highest BCUT2D eigenvalue weighted by atomic mass is 32.2. The minimum Gasteiger partial charge on any atom is -0.461 e. The number of halogens is 2. The number of ether oxygens (including phenoxy) is 1. The average molecular weight is 621 g/mol. The van der Waals surface area contributed by atoms with Gasteiger partial charge in [0.2, 0.25) is 5.13 Å². The Balaban J connectivity index is 1.48. The molecule has 7 nitrogen and oxygen atoms in total. The summed E-state index contributed by atoms with van der Waals surface area (Å²) in [6, 6.07) is 9.27. The van der Waals surface area contributed by atoms with Crippen LogP contribution in [-0.2, 0) is 22.1 Å². The number of benzene rings is 2. The predicted octanol–water partition coefficient (Wildman–Crippen LogP) is 6.44. The van der Waals surface area contributed by atoms with E-state index in [2.05, 4.69) is 16.8 Å². The summed E-state index contributed by atoms with van der Waals surface area (Å²) in [4.78, 5) is 16.8. The lowest BCUT2D eigenvalue weighted by atomic mass is 9.96. The summed E-state index contributed by atoms with van der Waals surface area (Å²) < 4.78 is 48.4. The van der Waals surface area contributed by atoms with Gasteiger partial charge in [0.1, 0.15) is 22.6 Å². The Bertz CT molecular complexity index is 1780. The molecule has 0 aliphatic heterocycles. The SMILES string of the molecule is CCOC(=O)c1csc(-n2nc(-c3ccc(F)c(C#CC4CCCC4)c3)c(Cc3ccc(S(N)=O)c(F)c3)c2C2CC2)n1. The number of rotatable bonds is 8. The molecular formula is C32H30F2N4O3S2.